The molecule has 0 spiro atoms. The highest BCUT2D eigenvalue weighted by Gasteiger charge is 2.30. The standard InChI is InChI=1S/C9H11FN2O2/c1-6-11-3-2-9(12-6)14-8-5-13-4-7(8)10/h2-3,7-8H,4-5H2,1H3/t7-,8-/m1/s1. The van der Waals surface area contributed by atoms with E-state index in [1.54, 1.807) is 19.2 Å². The quantitative estimate of drug-likeness (QED) is 0.708. The molecule has 1 aromatic rings. The lowest BCUT2D eigenvalue weighted by Crippen LogP contribution is -2.27. The normalized spacial score (nSPS) is 26.4. The van der Waals surface area contributed by atoms with Crippen LogP contribution in [0.4, 0.5) is 4.39 Å². The zero-order valence-corrected chi connectivity index (χ0v) is 7.81. The van der Waals surface area contributed by atoms with Crippen molar-refractivity contribution in [1.82, 2.24) is 9.97 Å². The van der Waals surface area contributed by atoms with Gasteiger partial charge in [-0.05, 0) is 6.92 Å². The number of nitrogens with zero attached hydrogens (tertiary/aromatic N) is 2. The molecule has 2 atom stereocenters. The van der Waals surface area contributed by atoms with Crippen LogP contribution < -0.4 is 4.74 Å². The Labute approximate surface area is 81.1 Å². The van der Waals surface area contributed by atoms with E-state index in [1.165, 1.54) is 0 Å². The number of alkyl halides is 1. The molecule has 2 rings (SSSR count). The maximum Gasteiger partial charge on any atom is 0.216 e. The highest BCUT2D eigenvalue weighted by molar-refractivity contribution is 5.08. The Morgan fingerprint density at radius 2 is 2.43 bits per heavy atom. The van der Waals surface area contributed by atoms with Gasteiger partial charge in [0.1, 0.15) is 5.82 Å². The van der Waals surface area contributed by atoms with Gasteiger partial charge in [0, 0.05) is 12.3 Å². The van der Waals surface area contributed by atoms with Crippen molar-refractivity contribution in [3.05, 3.63) is 18.1 Å². The predicted molar refractivity (Wildman–Crippen MR) is 46.9 cm³/mol. The first-order valence-corrected chi connectivity index (χ1v) is 4.44. The molecule has 1 aliphatic rings. The maximum atomic E-state index is 13.1. The van der Waals surface area contributed by atoms with Crippen LogP contribution in [-0.4, -0.2) is 35.5 Å². The summed E-state index contributed by atoms with van der Waals surface area (Å²) in [5, 5.41) is 0. The summed E-state index contributed by atoms with van der Waals surface area (Å²) in [6.45, 7) is 2.14. The van der Waals surface area contributed by atoms with Gasteiger partial charge in [-0.25, -0.2) is 9.37 Å². The minimum Gasteiger partial charge on any atom is -0.469 e. The van der Waals surface area contributed by atoms with Gasteiger partial charge < -0.3 is 9.47 Å². The van der Waals surface area contributed by atoms with Crippen LogP contribution in [0.2, 0.25) is 0 Å². The molecule has 0 aliphatic carbocycles. The molecular weight excluding hydrogens is 187 g/mol. The fourth-order valence-electron chi connectivity index (χ4n) is 1.27. The lowest BCUT2D eigenvalue weighted by atomic mass is 10.3. The van der Waals surface area contributed by atoms with Gasteiger partial charge in [0.15, 0.2) is 12.3 Å². The number of ether oxygens (including phenoxy) is 2. The van der Waals surface area contributed by atoms with Crippen molar-refractivity contribution in [1.29, 1.82) is 0 Å². The first kappa shape index (κ1) is 9.33. The fraction of sp³-hybridized carbons (Fsp3) is 0.556. The summed E-state index contributed by atoms with van der Waals surface area (Å²) in [7, 11) is 0. The zero-order valence-electron chi connectivity index (χ0n) is 7.81. The summed E-state index contributed by atoms with van der Waals surface area (Å²) in [4.78, 5) is 7.93. The highest BCUT2D eigenvalue weighted by atomic mass is 19.1. The van der Waals surface area contributed by atoms with E-state index in [9.17, 15) is 4.39 Å². The van der Waals surface area contributed by atoms with Crippen LogP contribution in [0.1, 0.15) is 5.82 Å². The SMILES string of the molecule is Cc1nccc(O[C@@H]2COC[C@H]2F)n1. The van der Waals surface area contributed by atoms with Gasteiger partial charge in [-0.3, -0.25) is 0 Å². The van der Waals surface area contributed by atoms with Gasteiger partial charge in [0.05, 0.1) is 13.2 Å². The lowest BCUT2D eigenvalue weighted by Gasteiger charge is -2.12. The first-order chi connectivity index (χ1) is 6.75. The van der Waals surface area contributed by atoms with Crippen LogP contribution in [0.15, 0.2) is 12.3 Å². The third kappa shape index (κ3) is 1.98. The molecule has 4 nitrogen and oxygen atoms in total. The van der Waals surface area contributed by atoms with Gasteiger partial charge in [-0.2, -0.15) is 4.98 Å². The van der Waals surface area contributed by atoms with Crippen LogP contribution >= 0.6 is 0 Å². The van der Waals surface area contributed by atoms with Crippen LogP contribution in [0.25, 0.3) is 0 Å². The van der Waals surface area contributed by atoms with E-state index in [1.807, 2.05) is 0 Å². The van der Waals surface area contributed by atoms with E-state index < -0.39 is 12.3 Å². The molecule has 0 unspecified atom stereocenters. The van der Waals surface area contributed by atoms with Gasteiger partial charge in [0.25, 0.3) is 0 Å². The molecule has 0 radical (unpaired) electrons. The minimum atomic E-state index is -1.06. The first-order valence-electron chi connectivity index (χ1n) is 4.44. The topological polar surface area (TPSA) is 44.2 Å². The molecule has 1 aliphatic heterocycles. The van der Waals surface area contributed by atoms with Crippen molar-refractivity contribution in [2.45, 2.75) is 19.2 Å². The molecule has 76 valence electrons. The molecule has 1 fully saturated rings. The Kier molecular flexibility index (Phi) is 2.58. The maximum absolute atomic E-state index is 13.1. The second-order valence-corrected chi connectivity index (χ2v) is 3.15. The van der Waals surface area contributed by atoms with E-state index in [2.05, 4.69) is 9.97 Å². The average molecular weight is 198 g/mol. The minimum absolute atomic E-state index is 0.106. The number of aryl methyl sites for hydroxylation is 1. The van der Waals surface area contributed by atoms with Gasteiger partial charge in [-0.15, -0.1) is 0 Å². The molecule has 1 saturated heterocycles. The molecule has 0 saturated carbocycles. The third-order valence-corrected chi connectivity index (χ3v) is 1.99. The molecule has 2 heterocycles. The van der Waals surface area contributed by atoms with Crippen molar-refractivity contribution in [2.24, 2.45) is 0 Å². The lowest BCUT2D eigenvalue weighted by molar-refractivity contribution is 0.123. The summed E-state index contributed by atoms with van der Waals surface area (Å²) in [6, 6.07) is 1.61. The number of halogens is 1. The number of rotatable bonds is 2. The smallest absolute Gasteiger partial charge is 0.216 e. The molecule has 1 aromatic heterocycles. The van der Waals surface area contributed by atoms with Gasteiger partial charge in [-0.1, -0.05) is 0 Å². The Bertz CT molecular complexity index is 321. The van der Waals surface area contributed by atoms with Crippen molar-refractivity contribution in [2.75, 3.05) is 13.2 Å². The summed E-state index contributed by atoms with van der Waals surface area (Å²) in [5.41, 5.74) is 0. The predicted octanol–water partition coefficient (Wildman–Crippen LogP) is 0.901. The number of aromatic nitrogens is 2. The average Bonchev–Trinajstić information content (AvgIpc) is 2.52. The van der Waals surface area contributed by atoms with Gasteiger partial charge >= 0.3 is 0 Å². The van der Waals surface area contributed by atoms with E-state index >= 15 is 0 Å². The number of hydrogen-bond acceptors (Lipinski definition) is 4. The molecule has 0 amide bonds. The van der Waals surface area contributed by atoms with Crippen molar-refractivity contribution in [3.63, 3.8) is 0 Å². The van der Waals surface area contributed by atoms with Gasteiger partial charge in [0.2, 0.25) is 5.88 Å². The monoisotopic (exact) mass is 198 g/mol. The molecule has 5 heteroatoms. The number of hydrogen-bond donors (Lipinski definition) is 0. The van der Waals surface area contributed by atoms with Crippen LogP contribution in [0, 0.1) is 6.92 Å². The molecule has 0 bridgehead atoms. The molecular formula is C9H11FN2O2. The largest absolute Gasteiger partial charge is 0.469 e. The van der Waals surface area contributed by atoms with E-state index in [0.29, 0.717) is 11.7 Å². The summed E-state index contributed by atoms with van der Waals surface area (Å²) < 4.78 is 23.3. The Morgan fingerprint density at radius 1 is 1.57 bits per heavy atom. The van der Waals surface area contributed by atoms with Crippen LogP contribution in [-0.2, 0) is 4.74 Å². The third-order valence-electron chi connectivity index (χ3n) is 1.99. The fourth-order valence-corrected chi connectivity index (χ4v) is 1.27. The Morgan fingerprint density at radius 3 is 3.07 bits per heavy atom. The zero-order chi connectivity index (χ0) is 9.97. The van der Waals surface area contributed by atoms with Crippen molar-refractivity contribution < 1.29 is 13.9 Å². The van der Waals surface area contributed by atoms with Crippen molar-refractivity contribution in [3.8, 4) is 5.88 Å². The van der Waals surface area contributed by atoms with Crippen molar-refractivity contribution >= 4 is 0 Å². The Hall–Kier alpha value is -1.23. The summed E-state index contributed by atoms with van der Waals surface area (Å²) >= 11 is 0. The van der Waals surface area contributed by atoms with E-state index in [4.69, 9.17) is 9.47 Å². The molecule has 0 aromatic carbocycles. The second kappa shape index (κ2) is 3.88. The summed E-state index contributed by atoms with van der Waals surface area (Å²) in [5.74, 6) is 1.01. The second-order valence-electron chi connectivity index (χ2n) is 3.15. The summed E-state index contributed by atoms with van der Waals surface area (Å²) in [6.07, 6.45) is -0.0182. The molecule has 0 N–H and O–H groups in total. The van der Waals surface area contributed by atoms with Crippen LogP contribution in [0.3, 0.4) is 0 Å². The Balaban J connectivity index is 2.03. The van der Waals surface area contributed by atoms with E-state index in [0.717, 1.165) is 0 Å². The molecule has 14 heavy (non-hydrogen) atoms. The highest BCUT2D eigenvalue weighted by Crippen LogP contribution is 2.16. The van der Waals surface area contributed by atoms with E-state index in [-0.39, 0.29) is 13.2 Å². The van der Waals surface area contributed by atoms with Crippen LogP contribution in [0.5, 0.6) is 5.88 Å².